The van der Waals surface area contributed by atoms with Crippen LogP contribution in [0.5, 0.6) is 0 Å². The standard InChI is InChI=1S/C19H23N5O3Si/c1-28(2,3)9-8-27-13-24-17-16(18(25)22-19(24)26)23(12-21-17)11-15-7-5-4-6-14(15)10-20/h4-7,12H,8-9,11,13H2,1-3H3,(H,22,25,26). The van der Waals surface area contributed by atoms with Crippen molar-refractivity contribution in [3.8, 4) is 6.07 Å². The number of hydrogen-bond acceptors (Lipinski definition) is 5. The molecule has 2 aromatic heterocycles. The van der Waals surface area contributed by atoms with Crippen molar-refractivity contribution in [2.45, 2.75) is 39.0 Å². The second-order valence-electron chi connectivity index (χ2n) is 7.85. The highest BCUT2D eigenvalue weighted by Gasteiger charge is 2.16. The van der Waals surface area contributed by atoms with Crippen LogP contribution in [-0.2, 0) is 18.0 Å². The molecule has 0 aliphatic heterocycles. The van der Waals surface area contributed by atoms with E-state index in [4.69, 9.17) is 4.74 Å². The molecule has 0 atom stereocenters. The fraction of sp³-hybridized carbons (Fsp3) is 0.368. The first kappa shape index (κ1) is 19.8. The van der Waals surface area contributed by atoms with Crippen LogP contribution in [-0.4, -0.2) is 33.8 Å². The van der Waals surface area contributed by atoms with Gasteiger partial charge in [-0.05, 0) is 17.7 Å². The summed E-state index contributed by atoms with van der Waals surface area (Å²) in [5.41, 5.74) is 0.799. The molecular weight excluding hydrogens is 374 g/mol. The van der Waals surface area contributed by atoms with E-state index < -0.39 is 19.3 Å². The van der Waals surface area contributed by atoms with E-state index in [0.29, 0.717) is 18.7 Å². The SMILES string of the molecule is C[Si](C)(C)CCOCn1c(=O)[nH]c(=O)c2c1ncn2Cc1ccccc1C#N. The molecule has 8 nitrogen and oxygen atoms in total. The van der Waals surface area contributed by atoms with E-state index >= 15 is 0 Å². The number of imidazole rings is 1. The minimum Gasteiger partial charge on any atom is -0.361 e. The van der Waals surface area contributed by atoms with Crippen molar-refractivity contribution in [2.24, 2.45) is 0 Å². The summed E-state index contributed by atoms with van der Waals surface area (Å²) in [7, 11) is -1.24. The zero-order valence-electron chi connectivity index (χ0n) is 16.2. The van der Waals surface area contributed by atoms with E-state index in [-0.39, 0.29) is 17.9 Å². The zero-order valence-corrected chi connectivity index (χ0v) is 17.2. The molecule has 0 fully saturated rings. The Hall–Kier alpha value is -2.96. The molecule has 0 amide bonds. The van der Waals surface area contributed by atoms with Gasteiger partial charge in [0.1, 0.15) is 6.73 Å². The number of nitriles is 1. The first-order valence-corrected chi connectivity index (χ1v) is 12.7. The molecule has 0 saturated heterocycles. The number of H-pyrrole nitrogens is 1. The number of rotatable bonds is 7. The maximum Gasteiger partial charge on any atom is 0.332 e. The third kappa shape index (κ3) is 4.29. The van der Waals surface area contributed by atoms with Gasteiger partial charge in [0, 0.05) is 14.7 Å². The quantitative estimate of drug-likeness (QED) is 0.485. The Balaban J connectivity index is 1.92. The highest BCUT2D eigenvalue weighted by Crippen LogP contribution is 2.13. The maximum absolute atomic E-state index is 12.4. The fourth-order valence-electron chi connectivity index (χ4n) is 2.85. The molecule has 3 rings (SSSR count). The maximum atomic E-state index is 12.4. The van der Waals surface area contributed by atoms with E-state index in [0.717, 1.165) is 11.6 Å². The van der Waals surface area contributed by atoms with Crippen molar-refractivity contribution in [1.82, 2.24) is 19.1 Å². The van der Waals surface area contributed by atoms with Gasteiger partial charge in [-0.25, -0.2) is 9.78 Å². The molecule has 0 saturated carbocycles. The minimum absolute atomic E-state index is 0.0301. The van der Waals surface area contributed by atoms with E-state index in [2.05, 4.69) is 35.7 Å². The lowest BCUT2D eigenvalue weighted by molar-refractivity contribution is 0.0865. The number of fused-ring (bicyclic) bond motifs is 1. The minimum atomic E-state index is -1.24. The highest BCUT2D eigenvalue weighted by atomic mass is 28.3. The molecule has 1 aromatic carbocycles. The van der Waals surface area contributed by atoms with Crippen LogP contribution in [0.15, 0.2) is 40.2 Å². The smallest absolute Gasteiger partial charge is 0.332 e. The molecule has 0 spiro atoms. The van der Waals surface area contributed by atoms with Crippen molar-refractivity contribution in [1.29, 1.82) is 5.26 Å². The molecule has 3 aromatic rings. The van der Waals surface area contributed by atoms with Gasteiger partial charge in [-0.1, -0.05) is 37.8 Å². The molecular formula is C19H23N5O3Si. The summed E-state index contributed by atoms with van der Waals surface area (Å²) in [6, 6.07) is 10.3. The number of hydrogen-bond donors (Lipinski definition) is 1. The van der Waals surface area contributed by atoms with E-state index in [1.807, 2.05) is 12.1 Å². The molecule has 0 bridgehead atoms. The van der Waals surface area contributed by atoms with Gasteiger partial charge in [0.05, 0.1) is 24.5 Å². The van der Waals surface area contributed by atoms with Crippen LogP contribution < -0.4 is 11.2 Å². The molecule has 0 aliphatic carbocycles. The molecule has 2 heterocycles. The fourth-order valence-corrected chi connectivity index (χ4v) is 3.60. The Bertz CT molecular complexity index is 1150. The first-order chi connectivity index (χ1) is 13.3. The van der Waals surface area contributed by atoms with Crippen molar-refractivity contribution in [3.63, 3.8) is 0 Å². The van der Waals surface area contributed by atoms with Gasteiger partial charge < -0.3 is 9.30 Å². The predicted molar refractivity (Wildman–Crippen MR) is 109 cm³/mol. The number of nitrogens with one attached hydrogen (secondary N) is 1. The van der Waals surface area contributed by atoms with Crippen LogP contribution in [0.2, 0.25) is 25.7 Å². The third-order valence-corrected chi connectivity index (χ3v) is 6.15. The lowest BCUT2D eigenvalue weighted by Crippen LogP contribution is -2.32. The topological polar surface area (TPSA) is 106 Å². The summed E-state index contributed by atoms with van der Waals surface area (Å²) < 4.78 is 8.64. The Morgan fingerprint density at radius 2 is 2.00 bits per heavy atom. The Kier molecular flexibility index (Phi) is 5.62. The van der Waals surface area contributed by atoms with Crippen molar-refractivity contribution in [2.75, 3.05) is 6.61 Å². The molecule has 146 valence electrons. The van der Waals surface area contributed by atoms with Crippen LogP contribution in [0.1, 0.15) is 11.1 Å². The lowest BCUT2D eigenvalue weighted by atomic mass is 10.1. The van der Waals surface area contributed by atoms with Gasteiger partial charge in [-0.3, -0.25) is 14.3 Å². The van der Waals surface area contributed by atoms with Crippen LogP contribution in [0.3, 0.4) is 0 Å². The molecule has 0 radical (unpaired) electrons. The number of aromatic amines is 1. The van der Waals surface area contributed by atoms with Gasteiger partial charge in [0.25, 0.3) is 5.56 Å². The van der Waals surface area contributed by atoms with E-state index in [1.54, 1.807) is 16.7 Å². The zero-order chi connectivity index (χ0) is 20.3. The molecule has 0 unspecified atom stereocenters. The largest absolute Gasteiger partial charge is 0.361 e. The lowest BCUT2D eigenvalue weighted by Gasteiger charge is -2.15. The molecule has 9 heteroatoms. The summed E-state index contributed by atoms with van der Waals surface area (Å²) in [5.74, 6) is 0. The van der Waals surface area contributed by atoms with Gasteiger partial charge >= 0.3 is 5.69 Å². The van der Waals surface area contributed by atoms with Crippen molar-refractivity contribution < 1.29 is 4.74 Å². The molecule has 1 N–H and O–H groups in total. The van der Waals surface area contributed by atoms with Gasteiger partial charge in [0.15, 0.2) is 11.2 Å². The summed E-state index contributed by atoms with van der Waals surface area (Å²) in [4.78, 5) is 31.3. The average Bonchev–Trinajstić information content (AvgIpc) is 3.04. The van der Waals surface area contributed by atoms with Crippen molar-refractivity contribution >= 4 is 19.2 Å². The Labute approximate surface area is 163 Å². The first-order valence-electron chi connectivity index (χ1n) is 9.04. The van der Waals surface area contributed by atoms with Crippen LogP contribution >= 0.6 is 0 Å². The summed E-state index contributed by atoms with van der Waals surface area (Å²) >= 11 is 0. The van der Waals surface area contributed by atoms with Gasteiger partial charge in [-0.15, -0.1) is 0 Å². The molecule has 0 aliphatic rings. The van der Waals surface area contributed by atoms with Gasteiger partial charge in [-0.2, -0.15) is 5.26 Å². The van der Waals surface area contributed by atoms with E-state index in [1.165, 1.54) is 10.9 Å². The Morgan fingerprint density at radius 1 is 1.25 bits per heavy atom. The third-order valence-electron chi connectivity index (χ3n) is 4.45. The monoisotopic (exact) mass is 397 g/mol. The normalized spacial score (nSPS) is 11.6. The predicted octanol–water partition coefficient (Wildman–Crippen LogP) is 2.12. The number of nitrogens with zero attached hydrogens (tertiary/aromatic N) is 4. The van der Waals surface area contributed by atoms with Crippen LogP contribution in [0, 0.1) is 11.3 Å². The number of benzene rings is 1. The molecule has 28 heavy (non-hydrogen) atoms. The summed E-state index contributed by atoms with van der Waals surface area (Å²) in [5, 5.41) is 9.27. The summed E-state index contributed by atoms with van der Waals surface area (Å²) in [6.07, 6.45) is 1.51. The average molecular weight is 398 g/mol. The van der Waals surface area contributed by atoms with Gasteiger partial charge in [0.2, 0.25) is 0 Å². The highest BCUT2D eigenvalue weighted by molar-refractivity contribution is 6.76. The number of aromatic nitrogens is 4. The number of ether oxygens (including phenoxy) is 1. The van der Waals surface area contributed by atoms with Crippen LogP contribution in [0.25, 0.3) is 11.2 Å². The van der Waals surface area contributed by atoms with Crippen molar-refractivity contribution in [3.05, 3.63) is 62.6 Å². The van der Waals surface area contributed by atoms with Crippen LogP contribution in [0.4, 0.5) is 0 Å². The Morgan fingerprint density at radius 3 is 2.71 bits per heavy atom. The summed E-state index contributed by atoms with van der Waals surface area (Å²) in [6.45, 7) is 7.64. The van der Waals surface area contributed by atoms with E-state index in [9.17, 15) is 14.9 Å². The second kappa shape index (κ2) is 7.96. The second-order valence-corrected chi connectivity index (χ2v) is 13.5.